The molecule has 8 aromatic rings. The summed E-state index contributed by atoms with van der Waals surface area (Å²) in [6, 6.07) is 19.8. The Hall–Kier alpha value is -3.12. The number of benzene rings is 2. The Balaban J connectivity index is 1.08. The largest absolute Gasteiger partial charge is 0.173 e. The van der Waals surface area contributed by atoms with Crippen LogP contribution in [0.2, 0.25) is 0 Å². The van der Waals surface area contributed by atoms with Gasteiger partial charge >= 0.3 is 0 Å². The maximum atomic E-state index is 5.18. The van der Waals surface area contributed by atoms with E-state index < -0.39 is 0 Å². The molecular weight excluding hydrogens is 969 g/mol. The van der Waals surface area contributed by atoms with E-state index in [9.17, 15) is 0 Å². The Morgan fingerprint density at radius 1 is 0.429 bits per heavy atom. The van der Waals surface area contributed by atoms with Gasteiger partial charge in [-0.15, -0.1) is 45.3 Å². The van der Waals surface area contributed by atoms with Crippen LogP contribution in [0.5, 0.6) is 0 Å². The van der Waals surface area contributed by atoms with E-state index >= 15 is 0 Å². The molecule has 0 N–H and O–H groups in total. The van der Waals surface area contributed by atoms with E-state index in [1.54, 1.807) is 27.1 Å². The number of unbranched alkanes of at least 4 members (excludes halogenated alkanes) is 8. The summed E-state index contributed by atoms with van der Waals surface area (Å²) in [6.45, 7) is 18.8. The molecule has 2 aliphatic rings. The molecule has 70 heavy (non-hydrogen) atoms. The minimum atomic E-state index is 0.00282. The van der Waals surface area contributed by atoms with Gasteiger partial charge in [-0.25, -0.2) is 0 Å². The Bertz CT molecular complexity index is 3030. The molecule has 0 radical (unpaired) electrons. The van der Waals surface area contributed by atoms with E-state index in [0.29, 0.717) is 0 Å². The molecule has 10 heteroatoms. The lowest BCUT2D eigenvalue weighted by molar-refractivity contribution is 0.266. The van der Waals surface area contributed by atoms with E-state index in [-0.39, 0.29) is 10.8 Å². The van der Waals surface area contributed by atoms with Gasteiger partial charge in [0, 0.05) is 66.5 Å². The predicted octanol–water partition coefficient (Wildman–Crippen LogP) is 21.2. The summed E-state index contributed by atoms with van der Waals surface area (Å²) < 4.78 is 20.0. The fourth-order valence-electron chi connectivity index (χ4n) is 12.7. The average Bonchev–Trinajstić information content (AvgIpc) is 4.24. The van der Waals surface area contributed by atoms with E-state index in [4.69, 9.17) is 17.5 Å². The third-order valence-corrected chi connectivity index (χ3v) is 22.6. The zero-order chi connectivity index (χ0) is 48.6. The molecule has 4 nitrogen and oxygen atoms in total. The summed E-state index contributed by atoms with van der Waals surface area (Å²) in [5.41, 5.74) is 15.6. The van der Waals surface area contributed by atoms with E-state index in [1.165, 1.54) is 208 Å². The number of thiophene rings is 4. The minimum Gasteiger partial charge on any atom is -0.173 e. The van der Waals surface area contributed by atoms with Gasteiger partial charge in [-0.2, -0.15) is 17.5 Å². The van der Waals surface area contributed by atoms with Gasteiger partial charge in [-0.3, -0.25) is 0 Å². The molecular formula is C60H74N4S6. The smallest absolute Gasteiger partial charge is 0.114 e. The lowest BCUT2D eigenvalue weighted by Gasteiger charge is -2.37. The second-order valence-corrected chi connectivity index (χ2v) is 26.7. The average molecular weight is 1040 g/mol. The van der Waals surface area contributed by atoms with Crippen molar-refractivity contribution in [3.8, 4) is 50.8 Å². The van der Waals surface area contributed by atoms with Gasteiger partial charge in [0.15, 0.2) is 0 Å². The van der Waals surface area contributed by atoms with E-state index in [2.05, 4.69) is 104 Å². The molecule has 6 aromatic heterocycles. The van der Waals surface area contributed by atoms with E-state index in [1.807, 2.05) is 45.3 Å². The van der Waals surface area contributed by atoms with Crippen LogP contribution in [-0.4, -0.2) is 17.5 Å². The lowest BCUT2D eigenvalue weighted by atomic mass is 9.65. The molecule has 6 heterocycles. The van der Waals surface area contributed by atoms with Crippen molar-refractivity contribution in [1.29, 1.82) is 0 Å². The van der Waals surface area contributed by atoms with Gasteiger partial charge in [-0.05, 0) is 103 Å². The first-order chi connectivity index (χ1) is 34.2. The fraction of sp³-hybridized carbons (Fsp3) is 0.533. The number of hydrogen-bond acceptors (Lipinski definition) is 10. The standard InChI is InChI=1S/C60H74N4S6/c1-9-15-19-21-29-59(30-22-20-16-10-2)45-32-48(41-26-25-37(7)51-52(41)62-69-61-51)66-56(45)57-46(59)33-49(67-57)42-27-28-43(54-53(42)63-70-64-54)50-34-47-58(68-50)55-44(31-38(8)65-55)60(47,35-39(13-5)23-17-11-3)36-40(14-6)24-18-12-4/h25-28,31-34,39-40H,9-24,29-30,35-36H2,1-8H3. The minimum absolute atomic E-state index is 0.00282. The second-order valence-electron chi connectivity index (χ2n) is 21.2. The quantitative estimate of drug-likeness (QED) is 0.0535. The summed E-state index contributed by atoms with van der Waals surface area (Å²) in [4.78, 5) is 11.5. The predicted molar refractivity (Wildman–Crippen MR) is 311 cm³/mol. The Labute approximate surface area is 443 Å². The van der Waals surface area contributed by atoms with Crippen LogP contribution in [0.4, 0.5) is 0 Å². The van der Waals surface area contributed by atoms with Crippen molar-refractivity contribution in [2.45, 2.75) is 195 Å². The molecule has 10 rings (SSSR count). The van der Waals surface area contributed by atoms with Crippen LogP contribution in [0.15, 0.2) is 48.5 Å². The van der Waals surface area contributed by atoms with E-state index in [0.717, 1.165) is 33.9 Å². The first-order valence-electron chi connectivity index (χ1n) is 27.2. The highest BCUT2D eigenvalue weighted by Gasteiger charge is 2.49. The first kappa shape index (κ1) is 50.4. The van der Waals surface area contributed by atoms with Crippen LogP contribution in [0, 0.1) is 25.7 Å². The molecule has 0 saturated carbocycles. The van der Waals surface area contributed by atoms with Crippen molar-refractivity contribution in [2.24, 2.45) is 11.8 Å². The van der Waals surface area contributed by atoms with Crippen LogP contribution in [0.25, 0.3) is 72.9 Å². The molecule has 0 bridgehead atoms. The highest BCUT2D eigenvalue weighted by molar-refractivity contribution is 7.26. The molecule has 2 unspecified atom stereocenters. The molecule has 2 aliphatic carbocycles. The lowest BCUT2D eigenvalue weighted by Crippen LogP contribution is -2.31. The number of hydrogen-bond donors (Lipinski definition) is 0. The molecule has 2 aromatic carbocycles. The van der Waals surface area contributed by atoms with Crippen LogP contribution < -0.4 is 0 Å². The summed E-state index contributed by atoms with van der Waals surface area (Å²) >= 11 is 10.8. The summed E-state index contributed by atoms with van der Waals surface area (Å²) in [5, 5.41) is 0. The van der Waals surface area contributed by atoms with Gasteiger partial charge in [0.1, 0.15) is 22.1 Å². The normalized spacial score (nSPS) is 16.6. The highest BCUT2D eigenvalue weighted by Crippen LogP contribution is 2.64. The number of fused-ring (bicyclic) bond motifs is 8. The molecule has 0 spiro atoms. The number of aryl methyl sites for hydroxylation is 2. The Kier molecular flexibility index (Phi) is 15.7. The zero-order valence-corrected chi connectivity index (χ0v) is 48.1. The Morgan fingerprint density at radius 2 is 0.829 bits per heavy atom. The summed E-state index contributed by atoms with van der Waals surface area (Å²) in [7, 11) is 0. The van der Waals surface area contributed by atoms with Crippen molar-refractivity contribution < 1.29 is 0 Å². The SMILES string of the molecule is CCCCCCC1(CCCCCC)c2cc(-c3ccc(C)c4nsnc34)sc2-c2sc(-c3ccc(-c4cc5c(s4)-c4sc(C)cc4C5(CC(CC)CCCC)CC(CC)CCCC)c4nsnc34)cc21. The van der Waals surface area contributed by atoms with Crippen molar-refractivity contribution in [3.05, 3.63) is 81.2 Å². The maximum Gasteiger partial charge on any atom is 0.114 e. The van der Waals surface area contributed by atoms with Crippen molar-refractivity contribution in [3.63, 3.8) is 0 Å². The molecule has 0 fully saturated rings. The highest BCUT2D eigenvalue weighted by atomic mass is 32.1. The van der Waals surface area contributed by atoms with Crippen molar-refractivity contribution in [2.75, 3.05) is 0 Å². The molecule has 0 aliphatic heterocycles. The topological polar surface area (TPSA) is 51.6 Å². The third kappa shape index (κ3) is 9.07. The molecule has 2 atom stereocenters. The Morgan fingerprint density at radius 3 is 1.29 bits per heavy atom. The molecule has 370 valence electrons. The zero-order valence-electron chi connectivity index (χ0n) is 43.2. The van der Waals surface area contributed by atoms with Gasteiger partial charge in [-0.1, -0.05) is 169 Å². The first-order valence-corrected chi connectivity index (χ1v) is 32.0. The fourth-order valence-corrected chi connectivity index (χ4v) is 19.2. The van der Waals surface area contributed by atoms with Crippen molar-refractivity contribution in [1.82, 2.24) is 17.5 Å². The summed E-state index contributed by atoms with van der Waals surface area (Å²) in [6.07, 6.45) is 25.5. The van der Waals surface area contributed by atoms with Gasteiger partial charge in [0.05, 0.1) is 23.5 Å². The third-order valence-electron chi connectivity index (χ3n) is 16.6. The molecule has 0 amide bonds. The second kappa shape index (κ2) is 21.8. The monoisotopic (exact) mass is 1040 g/mol. The van der Waals surface area contributed by atoms with Crippen LogP contribution >= 0.6 is 68.8 Å². The number of aromatic nitrogens is 4. The molecule has 0 saturated heterocycles. The van der Waals surface area contributed by atoms with Crippen molar-refractivity contribution >= 4 is 90.9 Å². The number of rotatable bonds is 25. The maximum absolute atomic E-state index is 5.18. The van der Waals surface area contributed by atoms with Crippen LogP contribution in [-0.2, 0) is 10.8 Å². The summed E-state index contributed by atoms with van der Waals surface area (Å²) in [5.74, 6) is 1.45. The number of nitrogens with zero attached hydrogens (tertiary/aromatic N) is 4. The van der Waals surface area contributed by atoms with Crippen LogP contribution in [0.1, 0.15) is 203 Å². The van der Waals surface area contributed by atoms with Gasteiger partial charge in [0.2, 0.25) is 0 Å². The van der Waals surface area contributed by atoms with Gasteiger partial charge < -0.3 is 0 Å². The van der Waals surface area contributed by atoms with Gasteiger partial charge in [0.25, 0.3) is 0 Å². The van der Waals surface area contributed by atoms with Crippen LogP contribution in [0.3, 0.4) is 0 Å².